The summed E-state index contributed by atoms with van der Waals surface area (Å²) in [5, 5.41) is 6.64. The van der Waals surface area contributed by atoms with Gasteiger partial charge in [-0.2, -0.15) is 5.10 Å². The summed E-state index contributed by atoms with van der Waals surface area (Å²) in [7, 11) is 1.69. The largest absolute Gasteiger partial charge is 0.334 e. The topological polar surface area (TPSA) is 66.1 Å². The molecule has 0 bridgehead atoms. The Morgan fingerprint density at radius 1 is 1.25 bits per heavy atom. The molecule has 2 rings (SSSR count). The third-order valence-electron chi connectivity index (χ3n) is 3.15. The average molecular weight is 292 g/mol. The van der Waals surface area contributed by atoms with E-state index in [-0.39, 0.29) is 23.2 Å². The van der Waals surface area contributed by atoms with Crippen LogP contribution in [-0.2, 0) is 0 Å². The van der Waals surface area contributed by atoms with Crippen LogP contribution in [0.25, 0.3) is 0 Å². The van der Waals surface area contributed by atoms with E-state index in [1.54, 1.807) is 24.1 Å². The molecular weight excluding hydrogens is 278 g/mol. The highest BCUT2D eigenvalue weighted by molar-refractivity contribution is 6.30. The lowest BCUT2D eigenvalue weighted by atomic mass is 10.1. The van der Waals surface area contributed by atoms with E-state index >= 15 is 0 Å². The van der Waals surface area contributed by atoms with Gasteiger partial charge in [0.2, 0.25) is 0 Å². The number of halogens is 1. The summed E-state index contributed by atoms with van der Waals surface area (Å²) in [6, 6.07) is 9.86. The molecule has 0 spiro atoms. The summed E-state index contributed by atoms with van der Waals surface area (Å²) >= 11 is 5.84. The maximum atomic E-state index is 12.3. The smallest absolute Gasteiger partial charge is 0.274 e. The maximum Gasteiger partial charge on any atom is 0.274 e. The molecule has 5 nitrogen and oxygen atoms in total. The Morgan fingerprint density at radius 3 is 2.45 bits per heavy atom. The second kappa shape index (κ2) is 5.88. The van der Waals surface area contributed by atoms with Gasteiger partial charge < -0.3 is 4.90 Å². The molecule has 0 aliphatic rings. The van der Waals surface area contributed by atoms with Crippen LogP contribution < -0.4 is 5.56 Å². The molecule has 6 heteroatoms. The first kappa shape index (κ1) is 14.3. The number of benzene rings is 1. The van der Waals surface area contributed by atoms with Crippen molar-refractivity contribution in [3.63, 3.8) is 0 Å². The molecule has 1 unspecified atom stereocenters. The number of carbonyl (C=O) groups excluding carboxylic acids is 1. The summed E-state index contributed by atoms with van der Waals surface area (Å²) < 4.78 is 0. The average Bonchev–Trinajstić information content (AvgIpc) is 2.46. The fourth-order valence-electron chi connectivity index (χ4n) is 1.79. The highest BCUT2D eigenvalue weighted by Gasteiger charge is 2.20. The van der Waals surface area contributed by atoms with Crippen molar-refractivity contribution < 1.29 is 4.79 Å². The zero-order valence-electron chi connectivity index (χ0n) is 11.1. The van der Waals surface area contributed by atoms with Crippen molar-refractivity contribution in [1.29, 1.82) is 0 Å². The molecule has 1 atom stereocenters. The van der Waals surface area contributed by atoms with Crippen molar-refractivity contribution in [2.75, 3.05) is 7.05 Å². The Morgan fingerprint density at radius 2 is 1.90 bits per heavy atom. The maximum absolute atomic E-state index is 12.3. The van der Waals surface area contributed by atoms with E-state index in [4.69, 9.17) is 11.6 Å². The summed E-state index contributed by atoms with van der Waals surface area (Å²) in [6.07, 6.45) is 0. The molecule has 0 saturated heterocycles. The standard InChI is InChI=1S/C14H14ClN3O2/c1-9(10-3-5-11(15)6-4-10)18(2)14(20)12-7-8-13(19)17-16-12/h3-9H,1-2H3,(H,17,19). The highest BCUT2D eigenvalue weighted by atomic mass is 35.5. The van der Waals surface area contributed by atoms with Gasteiger partial charge in [-0.15, -0.1) is 0 Å². The number of hydrogen-bond donors (Lipinski definition) is 1. The van der Waals surface area contributed by atoms with Crippen LogP contribution in [-0.4, -0.2) is 28.1 Å². The number of carbonyl (C=O) groups is 1. The van der Waals surface area contributed by atoms with Gasteiger partial charge in [0.1, 0.15) is 5.69 Å². The third-order valence-corrected chi connectivity index (χ3v) is 3.40. The molecule has 0 saturated carbocycles. The monoisotopic (exact) mass is 291 g/mol. The quantitative estimate of drug-likeness (QED) is 0.943. The minimum absolute atomic E-state index is 0.131. The molecule has 0 aliphatic carbocycles. The second-order valence-corrected chi connectivity index (χ2v) is 4.89. The summed E-state index contributed by atoms with van der Waals surface area (Å²) in [5.74, 6) is -0.260. The summed E-state index contributed by atoms with van der Waals surface area (Å²) in [6.45, 7) is 1.91. The van der Waals surface area contributed by atoms with E-state index in [1.165, 1.54) is 12.1 Å². The number of nitrogens with one attached hydrogen (secondary N) is 1. The first-order valence-electron chi connectivity index (χ1n) is 6.07. The van der Waals surface area contributed by atoms with Crippen LogP contribution >= 0.6 is 11.6 Å². The van der Waals surface area contributed by atoms with Crippen LogP contribution in [0.3, 0.4) is 0 Å². The SMILES string of the molecule is CC(c1ccc(Cl)cc1)N(C)C(=O)c1ccc(=O)[nH]n1. The minimum atomic E-state index is -0.338. The number of nitrogens with zero attached hydrogens (tertiary/aromatic N) is 2. The van der Waals surface area contributed by atoms with Crippen LogP contribution in [0.15, 0.2) is 41.2 Å². The molecule has 1 amide bonds. The summed E-state index contributed by atoms with van der Waals surface area (Å²) in [4.78, 5) is 24.8. The predicted octanol–water partition coefficient (Wildman–Crippen LogP) is 2.26. The van der Waals surface area contributed by atoms with Crippen LogP contribution in [0.4, 0.5) is 0 Å². The molecule has 1 N–H and O–H groups in total. The normalized spacial score (nSPS) is 11.9. The lowest BCUT2D eigenvalue weighted by Crippen LogP contribution is -2.31. The molecule has 104 valence electrons. The van der Waals surface area contributed by atoms with Crippen LogP contribution in [0.2, 0.25) is 5.02 Å². The molecule has 0 radical (unpaired) electrons. The van der Waals surface area contributed by atoms with Gasteiger partial charge in [-0.25, -0.2) is 5.10 Å². The van der Waals surface area contributed by atoms with Gasteiger partial charge in [-0.05, 0) is 30.7 Å². The van der Waals surface area contributed by atoms with Crippen molar-refractivity contribution >= 4 is 17.5 Å². The lowest BCUT2D eigenvalue weighted by molar-refractivity contribution is 0.0735. The van der Waals surface area contributed by atoms with Gasteiger partial charge in [-0.1, -0.05) is 23.7 Å². The fourth-order valence-corrected chi connectivity index (χ4v) is 1.91. The van der Waals surface area contributed by atoms with Gasteiger partial charge in [-0.3, -0.25) is 9.59 Å². The number of amides is 1. The molecule has 0 aliphatic heterocycles. The molecular formula is C14H14ClN3O2. The molecule has 1 heterocycles. The lowest BCUT2D eigenvalue weighted by Gasteiger charge is -2.24. The van der Waals surface area contributed by atoms with E-state index in [2.05, 4.69) is 10.2 Å². The molecule has 2 aromatic rings. The van der Waals surface area contributed by atoms with Gasteiger partial charge >= 0.3 is 0 Å². The second-order valence-electron chi connectivity index (χ2n) is 4.45. The van der Waals surface area contributed by atoms with E-state index in [0.717, 1.165) is 5.56 Å². The Kier molecular flexibility index (Phi) is 4.20. The number of hydrogen-bond acceptors (Lipinski definition) is 3. The Labute approximate surface area is 121 Å². The van der Waals surface area contributed by atoms with Gasteiger partial charge in [0.05, 0.1) is 6.04 Å². The van der Waals surface area contributed by atoms with E-state index in [1.807, 2.05) is 19.1 Å². The van der Waals surface area contributed by atoms with Crippen LogP contribution in [0.5, 0.6) is 0 Å². The summed E-state index contributed by atoms with van der Waals surface area (Å²) in [5.41, 5.74) is 0.831. The molecule has 1 aromatic heterocycles. The number of rotatable bonds is 3. The van der Waals surface area contributed by atoms with Crippen molar-refractivity contribution in [2.24, 2.45) is 0 Å². The first-order chi connectivity index (χ1) is 9.49. The van der Waals surface area contributed by atoms with E-state index in [0.29, 0.717) is 5.02 Å². The van der Waals surface area contributed by atoms with E-state index in [9.17, 15) is 9.59 Å². The molecule has 20 heavy (non-hydrogen) atoms. The van der Waals surface area contributed by atoms with Crippen LogP contribution in [0, 0.1) is 0 Å². The van der Waals surface area contributed by atoms with Crippen molar-refractivity contribution in [3.8, 4) is 0 Å². The zero-order chi connectivity index (χ0) is 14.7. The van der Waals surface area contributed by atoms with Gasteiger partial charge in [0.25, 0.3) is 11.5 Å². The zero-order valence-corrected chi connectivity index (χ0v) is 11.9. The van der Waals surface area contributed by atoms with E-state index < -0.39 is 0 Å². The number of aromatic amines is 1. The minimum Gasteiger partial charge on any atom is -0.334 e. The van der Waals surface area contributed by atoms with Crippen molar-refractivity contribution in [1.82, 2.24) is 15.1 Å². The molecule has 1 aromatic carbocycles. The number of aromatic nitrogens is 2. The Bertz CT molecular complexity index is 646. The molecule has 0 fully saturated rings. The number of H-pyrrole nitrogens is 1. The Balaban J connectivity index is 2.19. The predicted molar refractivity (Wildman–Crippen MR) is 76.8 cm³/mol. The van der Waals surface area contributed by atoms with Crippen molar-refractivity contribution in [2.45, 2.75) is 13.0 Å². The van der Waals surface area contributed by atoms with Gasteiger partial charge in [0, 0.05) is 18.1 Å². The van der Waals surface area contributed by atoms with Crippen LogP contribution in [0.1, 0.15) is 29.0 Å². The Hall–Kier alpha value is -2.14. The first-order valence-corrected chi connectivity index (χ1v) is 6.45. The highest BCUT2D eigenvalue weighted by Crippen LogP contribution is 2.21. The fraction of sp³-hybridized carbons (Fsp3) is 0.214. The van der Waals surface area contributed by atoms with Crippen molar-refractivity contribution in [3.05, 3.63) is 63.0 Å². The van der Waals surface area contributed by atoms with Gasteiger partial charge in [0.15, 0.2) is 0 Å². The third kappa shape index (κ3) is 3.05.